The lowest BCUT2D eigenvalue weighted by Crippen LogP contribution is -2.42. The van der Waals surface area contributed by atoms with E-state index in [2.05, 4.69) is 33.1 Å². The van der Waals surface area contributed by atoms with Gasteiger partial charge in [-0.05, 0) is 31.9 Å². The Balaban J connectivity index is 1.37. The van der Waals surface area contributed by atoms with Gasteiger partial charge in [0.15, 0.2) is 0 Å². The molecule has 1 aromatic carbocycles. The molecule has 0 radical (unpaired) electrons. The second-order valence-corrected chi connectivity index (χ2v) is 7.48. The molecule has 7 heteroatoms. The number of piperidine rings is 1. The van der Waals surface area contributed by atoms with E-state index in [1.54, 1.807) is 11.2 Å². The fourth-order valence-corrected chi connectivity index (χ4v) is 3.72. The smallest absolute Gasteiger partial charge is 0.410 e. The SMILES string of the molecule is CC(C)OC(=O)N1CCC(Oc2cc(N3CCc4ccccc43)ncn2)CC1. The molecule has 0 saturated carbocycles. The number of likely N-dealkylation sites (tertiary alicyclic amines) is 1. The second-order valence-electron chi connectivity index (χ2n) is 7.48. The Morgan fingerprint density at radius 2 is 1.93 bits per heavy atom. The summed E-state index contributed by atoms with van der Waals surface area (Å²) >= 11 is 0. The number of aromatic nitrogens is 2. The lowest BCUT2D eigenvalue weighted by Gasteiger charge is -2.31. The van der Waals surface area contributed by atoms with Crippen molar-refractivity contribution in [3.8, 4) is 5.88 Å². The molecular weight excluding hydrogens is 356 g/mol. The number of benzene rings is 1. The summed E-state index contributed by atoms with van der Waals surface area (Å²) in [5.41, 5.74) is 2.54. The van der Waals surface area contributed by atoms with Gasteiger partial charge in [0.2, 0.25) is 5.88 Å². The Kier molecular flexibility index (Phi) is 5.32. The molecular formula is C21H26N4O3. The van der Waals surface area contributed by atoms with Gasteiger partial charge in [-0.25, -0.2) is 14.8 Å². The predicted octanol–water partition coefficient (Wildman–Crippen LogP) is 3.56. The van der Waals surface area contributed by atoms with E-state index in [1.807, 2.05) is 26.0 Å². The number of ether oxygens (including phenoxy) is 2. The molecule has 1 amide bonds. The number of carbonyl (C=O) groups is 1. The number of amides is 1. The largest absolute Gasteiger partial charge is 0.474 e. The van der Waals surface area contributed by atoms with Crippen LogP contribution < -0.4 is 9.64 Å². The topological polar surface area (TPSA) is 67.8 Å². The van der Waals surface area contributed by atoms with Gasteiger partial charge >= 0.3 is 6.09 Å². The lowest BCUT2D eigenvalue weighted by molar-refractivity contribution is 0.0507. The average molecular weight is 382 g/mol. The first-order valence-electron chi connectivity index (χ1n) is 9.90. The van der Waals surface area contributed by atoms with E-state index in [1.165, 1.54) is 11.3 Å². The average Bonchev–Trinajstić information content (AvgIpc) is 3.12. The summed E-state index contributed by atoms with van der Waals surface area (Å²) in [5, 5.41) is 0. The minimum Gasteiger partial charge on any atom is -0.474 e. The summed E-state index contributed by atoms with van der Waals surface area (Å²) in [5.74, 6) is 1.44. The summed E-state index contributed by atoms with van der Waals surface area (Å²) in [6, 6.07) is 10.3. The van der Waals surface area contributed by atoms with Crippen LogP contribution in [0.4, 0.5) is 16.3 Å². The van der Waals surface area contributed by atoms with Crippen molar-refractivity contribution < 1.29 is 14.3 Å². The third-order valence-electron chi connectivity index (χ3n) is 5.12. The third-order valence-corrected chi connectivity index (χ3v) is 5.12. The normalized spacial score (nSPS) is 17.0. The molecule has 0 aliphatic carbocycles. The fourth-order valence-electron chi connectivity index (χ4n) is 3.72. The Bertz CT molecular complexity index is 834. The Morgan fingerprint density at radius 3 is 2.71 bits per heavy atom. The standard InChI is InChI=1S/C21H26N4O3/c1-15(2)27-21(26)24-10-8-17(9-11-24)28-20-13-19(22-14-23-20)25-12-7-16-5-3-4-6-18(16)25/h3-6,13-15,17H,7-12H2,1-2H3. The Labute approximate surface area is 165 Å². The number of hydrogen-bond donors (Lipinski definition) is 0. The van der Waals surface area contributed by atoms with Gasteiger partial charge in [0, 0.05) is 44.2 Å². The first-order chi connectivity index (χ1) is 13.6. The Morgan fingerprint density at radius 1 is 1.14 bits per heavy atom. The van der Waals surface area contributed by atoms with E-state index >= 15 is 0 Å². The summed E-state index contributed by atoms with van der Waals surface area (Å²) in [4.78, 5) is 24.7. The van der Waals surface area contributed by atoms with Crippen LogP contribution in [0.2, 0.25) is 0 Å². The molecule has 0 atom stereocenters. The number of para-hydroxylation sites is 1. The van der Waals surface area contributed by atoms with Crippen molar-refractivity contribution >= 4 is 17.6 Å². The van der Waals surface area contributed by atoms with Crippen molar-refractivity contribution in [1.29, 1.82) is 0 Å². The highest BCUT2D eigenvalue weighted by Gasteiger charge is 2.26. The Hall–Kier alpha value is -2.83. The molecule has 4 rings (SSSR count). The molecule has 0 spiro atoms. The summed E-state index contributed by atoms with van der Waals surface area (Å²) in [6.45, 7) is 5.89. The number of hydrogen-bond acceptors (Lipinski definition) is 6. The molecule has 0 bridgehead atoms. The van der Waals surface area contributed by atoms with Crippen molar-refractivity contribution in [2.45, 2.75) is 45.3 Å². The highest BCUT2D eigenvalue weighted by Crippen LogP contribution is 2.34. The van der Waals surface area contributed by atoms with Gasteiger partial charge in [0.25, 0.3) is 0 Å². The summed E-state index contributed by atoms with van der Waals surface area (Å²) < 4.78 is 11.4. The van der Waals surface area contributed by atoms with Gasteiger partial charge in [-0.15, -0.1) is 0 Å². The van der Waals surface area contributed by atoms with Gasteiger partial charge in [0.05, 0.1) is 6.10 Å². The van der Waals surface area contributed by atoms with Gasteiger partial charge < -0.3 is 19.3 Å². The first-order valence-corrected chi connectivity index (χ1v) is 9.90. The summed E-state index contributed by atoms with van der Waals surface area (Å²) in [7, 11) is 0. The van der Waals surface area contributed by atoms with Gasteiger partial charge in [-0.1, -0.05) is 18.2 Å². The van der Waals surface area contributed by atoms with Crippen LogP contribution >= 0.6 is 0 Å². The number of anilines is 2. The van der Waals surface area contributed by atoms with Crippen molar-refractivity contribution in [1.82, 2.24) is 14.9 Å². The molecule has 7 nitrogen and oxygen atoms in total. The maximum Gasteiger partial charge on any atom is 0.410 e. The predicted molar refractivity (Wildman–Crippen MR) is 106 cm³/mol. The van der Waals surface area contributed by atoms with Gasteiger partial charge in [0.1, 0.15) is 18.2 Å². The minimum atomic E-state index is -0.245. The molecule has 2 aromatic rings. The van der Waals surface area contributed by atoms with E-state index in [0.717, 1.165) is 31.6 Å². The molecule has 2 aliphatic rings. The third kappa shape index (κ3) is 4.03. The minimum absolute atomic E-state index is 0.0386. The number of carbonyl (C=O) groups excluding carboxylic acids is 1. The monoisotopic (exact) mass is 382 g/mol. The van der Waals surface area contributed by atoms with Crippen molar-refractivity contribution in [2.75, 3.05) is 24.5 Å². The van der Waals surface area contributed by atoms with E-state index in [-0.39, 0.29) is 18.3 Å². The molecule has 3 heterocycles. The zero-order valence-corrected chi connectivity index (χ0v) is 16.4. The second kappa shape index (κ2) is 8.04. The van der Waals surface area contributed by atoms with Crippen molar-refractivity contribution in [3.63, 3.8) is 0 Å². The molecule has 1 saturated heterocycles. The molecule has 2 aliphatic heterocycles. The van der Waals surface area contributed by atoms with Gasteiger partial charge in [-0.2, -0.15) is 0 Å². The maximum atomic E-state index is 12.0. The van der Waals surface area contributed by atoms with Crippen LogP contribution in [0, 0.1) is 0 Å². The van der Waals surface area contributed by atoms with Crippen LogP contribution in [0.5, 0.6) is 5.88 Å². The zero-order valence-electron chi connectivity index (χ0n) is 16.4. The molecule has 0 unspecified atom stereocenters. The molecule has 28 heavy (non-hydrogen) atoms. The van der Waals surface area contributed by atoms with Crippen LogP contribution in [0.3, 0.4) is 0 Å². The highest BCUT2D eigenvalue weighted by molar-refractivity contribution is 5.68. The van der Waals surface area contributed by atoms with E-state index in [9.17, 15) is 4.79 Å². The van der Waals surface area contributed by atoms with E-state index in [0.29, 0.717) is 19.0 Å². The highest BCUT2D eigenvalue weighted by atomic mass is 16.6. The van der Waals surface area contributed by atoms with Crippen LogP contribution in [-0.4, -0.2) is 52.8 Å². The molecule has 1 aromatic heterocycles. The van der Waals surface area contributed by atoms with E-state index in [4.69, 9.17) is 9.47 Å². The van der Waals surface area contributed by atoms with Crippen molar-refractivity contribution in [2.24, 2.45) is 0 Å². The first kappa shape index (κ1) is 18.5. The maximum absolute atomic E-state index is 12.0. The molecule has 0 N–H and O–H groups in total. The van der Waals surface area contributed by atoms with Crippen LogP contribution in [0.1, 0.15) is 32.3 Å². The van der Waals surface area contributed by atoms with Crippen molar-refractivity contribution in [3.05, 3.63) is 42.2 Å². The van der Waals surface area contributed by atoms with Crippen LogP contribution in [0.15, 0.2) is 36.7 Å². The number of fused-ring (bicyclic) bond motifs is 1. The summed E-state index contributed by atoms with van der Waals surface area (Å²) in [6.07, 6.45) is 3.79. The van der Waals surface area contributed by atoms with Gasteiger partial charge in [-0.3, -0.25) is 0 Å². The molecule has 1 fully saturated rings. The van der Waals surface area contributed by atoms with Crippen LogP contribution in [0.25, 0.3) is 0 Å². The lowest BCUT2D eigenvalue weighted by atomic mass is 10.1. The molecule has 148 valence electrons. The number of rotatable bonds is 4. The quantitative estimate of drug-likeness (QED) is 0.805. The fraction of sp³-hybridized carbons (Fsp3) is 0.476. The zero-order chi connectivity index (χ0) is 19.5. The van der Waals surface area contributed by atoms with E-state index < -0.39 is 0 Å². The van der Waals surface area contributed by atoms with Crippen LogP contribution in [-0.2, 0) is 11.2 Å². The number of nitrogens with zero attached hydrogens (tertiary/aromatic N) is 4.